The fourth-order valence-electron chi connectivity index (χ4n) is 2.13. The van der Waals surface area contributed by atoms with Crippen LogP contribution >= 0.6 is 0 Å². The molecule has 2 N–H and O–H groups in total. The predicted octanol–water partition coefficient (Wildman–Crippen LogP) is 2.15. The molecule has 0 saturated heterocycles. The van der Waals surface area contributed by atoms with E-state index >= 15 is 0 Å². The minimum atomic E-state index is 0.220. The van der Waals surface area contributed by atoms with Crippen LogP contribution in [0.1, 0.15) is 40.5 Å². The maximum Gasteiger partial charge on any atom is 0.0488 e. The molecule has 0 aromatic carbocycles. The van der Waals surface area contributed by atoms with E-state index in [0.29, 0.717) is 0 Å². The fraction of sp³-hybridized carbons (Fsp3) is 0.889. The van der Waals surface area contributed by atoms with E-state index in [1.54, 1.807) is 0 Å². The van der Waals surface area contributed by atoms with Crippen LogP contribution in [0.5, 0.6) is 0 Å². The van der Waals surface area contributed by atoms with Gasteiger partial charge in [0.25, 0.3) is 0 Å². The molecule has 1 saturated carbocycles. The summed E-state index contributed by atoms with van der Waals surface area (Å²) in [5.41, 5.74) is 1.61. The van der Waals surface area contributed by atoms with Gasteiger partial charge < -0.3 is 5.84 Å². The maximum absolute atomic E-state index is 5.37. The van der Waals surface area contributed by atoms with Crippen molar-refractivity contribution >= 4 is 5.71 Å². The second-order valence-electron chi connectivity index (χ2n) is 4.75. The van der Waals surface area contributed by atoms with Gasteiger partial charge in [0.2, 0.25) is 0 Å². The zero-order chi connectivity index (χ0) is 8.70. The lowest BCUT2D eigenvalue weighted by molar-refractivity contribution is 0.476. The average Bonchev–Trinajstić information content (AvgIpc) is 2.03. The highest BCUT2D eigenvalue weighted by Crippen LogP contribution is 2.45. The van der Waals surface area contributed by atoms with Crippen LogP contribution in [0.2, 0.25) is 0 Å². The molecule has 0 aromatic heterocycles. The Morgan fingerprint density at radius 1 is 1.09 bits per heavy atom. The Kier molecular flexibility index (Phi) is 1.73. The predicted molar refractivity (Wildman–Crippen MR) is 48.4 cm³/mol. The number of nitrogens with zero attached hydrogens (tertiary/aromatic N) is 1. The van der Waals surface area contributed by atoms with Crippen LogP contribution in [-0.4, -0.2) is 5.71 Å². The van der Waals surface area contributed by atoms with Crippen molar-refractivity contribution in [3.8, 4) is 0 Å². The molecule has 0 atom stereocenters. The summed E-state index contributed by atoms with van der Waals surface area (Å²) in [6.07, 6.45) is 2.41. The topological polar surface area (TPSA) is 38.4 Å². The molecule has 1 fully saturated rings. The summed E-state index contributed by atoms with van der Waals surface area (Å²) < 4.78 is 0. The molecule has 0 unspecified atom stereocenters. The van der Waals surface area contributed by atoms with Crippen LogP contribution in [0.4, 0.5) is 0 Å². The SMILES string of the molecule is CC1(C)CCC(C)(C)C1=NN. The Labute approximate surface area is 68.9 Å². The lowest BCUT2D eigenvalue weighted by atomic mass is 9.82. The van der Waals surface area contributed by atoms with E-state index in [-0.39, 0.29) is 10.8 Å². The first-order chi connectivity index (χ1) is 4.90. The second-order valence-corrected chi connectivity index (χ2v) is 4.75. The summed E-state index contributed by atoms with van der Waals surface area (Å²) in [6.45, 7) is 8.86. The highest BCUT2D eigenvalue weighted by molar-refractivity contribution is 5.95. The molecule has 11 heavy (non-hydrogen) atoms. The van der Waals surface area contributed by atoms with Gasteiger partial charge in [-0.25, -0.2) is 0 Å². The smallest absolute Gasteiger partial charge is 0.0488 e. The molecule has 1 aliphatic rings. The van der Waals surface area contributed by atoms with Crippen molar-refractivity contribution in [2.75, 3.05) is 0 Å². The van der Waals surface area contributed by atoms with Crippen molar-refractivity contribution in [1.82, 2.24) is 0 Å². The van der Waals surface area contributed by atoms with E-state index in [4.69, 9.17) is 5.84 Å². The Morgan fingerprint density at radius 3 is 1.64 bits per heavy atom. The van der Waals surface area contributed by atoms with Gasteiger partial charge in [-0.15, -0.1) is 0 Å². The van der Waals surface area contributed by atoms with Crippen LogP contribution in [0, 0.1) is 10.8 Å². The Hall–Kier alpha value is -0.530. The molecule has 2 heteroatoms. The normalized spacial score (nSPS) is 27.1. The van der Waals surface area contributed by atoms with Crippen molar-refractivity contribution in [1.29, 1.82) is 0 Å². The third kappa shape index (κ3) is 1.26. The molecular formula is C9H18N2. The molecule has 1 aliphatic carbocycles. The monoisotopic (exact) mass is 154 g/mol. The quantitative estimate of drug-likeness (QED) is 0.421. The summed E-state index contributed by atoms with van der Waals surface area (Å²) in [5.74, 6) is 5.37. The highest BCUT2D eigenvalue weighted by atomic mass is 15.1. The molecule has 0 radical (unpaired) electrons. The number of hydrogen-bond acceptors (Lipinski definition) is 2. The van der Waals surface area contributed by atoms with Crippen LogP contribution in [0.25, 0.3) is 0 Å². The number of hydrazone groups is 1. The molecule has 0 heterocycles. The number of hydrogen-bond donors (Lipinski definition) is 1. The first kappa shape index (κ1) is 8.57. The van der Waals surface area contributed by atoms with Crippen molar-refractivity contribution in [3.05, 3.63) is 0 Å². The van der Waals surface area contributed by atoms with Gasteiger partial charge in [-0.3, -0.25) is 0 Å². The zero-order valence-electron chi connectivity index (χ0n) is 7.94. The molecule has 1 rings (SSSR count). The van der Waals surface area contributed by atoms with Gasteiger partial charge in [-0.1, -0.05) is 27.7 Å². The van der Waals surface area contributed by atoms with E-state index in [0.717, 1.165) is 0 Å². The summed E-state index contributed by atoms with van der Waals surface area (Å²) in [7, 11) is 0. The standard InChI is InChI=1S/C9H18N2/c1-8(2)5-6-9(3,4)7(8)11-10/h5-6,10H2,1-4H3. The van der Waals surface area contributed by atoms with E-state index in [1.165, 1.54) is 18.6 Å². The van der Waals surface area contributed by atoms with E-state index in [2.05, 4.69) is 32.8 Å². The second kappa shape index (κ2) is 2.23. The Bertz CT molecular complexity index is 172. The number of rotatable bonds is 0. The summed E-state index contributed by atoms with van der Waals surface area (Å²) in [6, 6.07) is 0. The maximum atomic E-state index is 5.37. The fourth-order valence-corrected chi connectivity index (χ4v) is 2.13. The lowest BCUT2D eigenvalue weighted by Gasteiger charge is -2.24. The van der Waals surface area contributed by atoms with E-state index in [9.17, 15) is 0 Å². The van der Waals surface area contributed by atoms with Crippen molar-refractivity contribution in [2.24, 2.45) is 21.8 Å². The van der Waals surface area contributed by atoms with E-state index < -0.39 is 0 Å². The summed E-state index contributed by atoms with van der Waals surface area (Å²) >= 11 is 0. The molecular weight excluding hydrogens is 136 g/mol. The Morgan fingerprint density at radius 2 is 1.45 bits per heavy atom. The molecule has 0 amide bonds. The summed E-state index contributed by atoms with van der Waals surface area (Å²) in [5, 5.41) is 3.91. The largest absolute Gasteiger partial charge is 0.323 e. The Balaban J connectivity index is 2.99. The third-order valence-corrected chi connectivity index (χ3v) is 2.79. The molecule has 0 aromatic rings. The van der Waals surface area contributed by atoms with Crippen molar-refractivity contribution < 1.29 is 0 Å². The van der Waals surface area contributed by atoms with Gasteiger partial charge in [0.05, 0.1) is 0 Å². The van der Waals surface area contributed by atoms with Crippen LogP contribution in [0.15, 0.2) is 5.10 Å². The average molecular weight is 154 g/mol. The molecule has 0 bridgehead atoms. The minimum Gasteiger partial charge on any atom is -0.323 e. The highest BCUT2D eigenvalue weighted by Gasteiger charge is 2.43. The molecule has 0 spiro atoms. The van der Waals surface area contributed by atoms with Gasteiger partial charge in [-0.2, -0.15) is 5.10 Å². The van der Waals surface area contributed by atoms with Gasteiger partial charge in [-0.05, 0) is 12.8 Å². The lowest BCUT2D eigenvalue weighted by Crippen LogP contribution is -2.28. The summed E-state index contributed by atoms with van der Waals surface area (Å²) in [4.78, 5) is 0. The van der Waals surface area contributed by atoms with Crippen LogP contribution in [-0.2, 0) is 0 Å². The molecule has 2 nitrogen and oxygen atoms in total. The van der Waals surface area contributed by atoms with Crippen LogP contribution < -0.4 is 5.84 Å². The zero-order valence-corrected chi connectivity index (χ0v) is 7.94. The molecule has 0 aliphatic heterocycles. The minimum absolute atomic E-state index is 0.220. The van der Waals surface area contributed by atoms with Gasteiger partial charge >= 0.3 is 0 Å². The number of nitrogens with two attached hydrogens (primary N) is 1. The third-order valence-electron chi connectivity index (χ3n) is 2.79. The van der Waals surface area contributed by atoms with E-state index in [1.807, 2.05) is 0 Å². The molecule has 64 valence electrons. The first-order valence-corrected chi connectivity index (χ1v) is 4.19. The van der Waals surface area contributed by atoms with Crippen LogP contribution in [0.3, 0.4) is 0 Å². The van der Waals surface area contributed by atoms with Crippen molar-refractivity contribution in [3.63, 3.8) is 0 Å². The van der Waals surface area contributed by atoms with Gasteiger partial charge in [0.15, 0.2) is 0 Å². The van der Waals surface area contributed by atoms with Gasteiger partial charge in [0, 0.05) is 16.5 Å². The first-order valence-electron chi connectivity index (χ1n) is 4.19. The van der Waals surface area contributed by atoms with Crippen molar-refractivity contribution in [2.45, 2.75) is 40.5 Å². The van der Waals surface area contributed by atoms with Gasteiger partial charge in [0.1, 0.15) is 0 Å².